The second-order valence-electron chi connectivity index (χ2n) is 3.77. The molecule has 0 fully saturated rings. The van der Waals surface area contributed by atoms with Crippen LogP contribution in [0.2, 0.25) is 0 Å². The normalized spacial score (nSPS) is 19.9. The number of benzene rings is 1. The maximum atomic E-state index is 11.4. The zero-order chi connectivity index (χ0) is 11.0. The van der Waals surface area contributed by atoms with Crippen LogP contribution in [-0.2, 0) is 4.79 Å². The van der Waals surface area contributed by atoms with Crippen molar-refractivity contribution in [1.82, 2.24) is 0 Å². The average Bonchev–Trinajstić information content (AvgIpc) is 2.19. The predicted molar refractivity (Wildman–Crippen MR) is 63.7 cm³/mol. The highest BCUT2D eigenvalue weighted by Gasteiger charge is 2.24. The molecule has 2 N–H and O–H groups in total. The van der Waals surface area contributed by atoms with E-state index in [1.54, 1.807) is 11.8 Å². The molecule has 0 aromatic heterocycles. The molecule has 1 heterocycles. The highest BCUT2D eigenvalue weighted by atomic mass is 79.9. The molecule has 0 saturated heterocycles. The number of hydrogen-bond acceptors (Lipinski definition) is 2. The second kappa shape index (κ2) is 3.94. The number of carbonyl (C=O) groups is 1. The molecule has 15 heavy (non-hydrogen) atoms. The molecule has 1 aliphatic rings. The minimum atomic E-state index is 0.0353. The maximum Gasteiger partial charge on any atom is 0.223 e. The molecule has 80 valence electrons. The highest BCUT2D eigenvalue weighted by Crippen LogP contribution is 2.34. The van der Waals surface area contributed by atoms with Gasteiger partial charge in [0.25, 0.3) is 0 Å². The van der Waals surface area contributed by atoms with E-state index in [9.17, 15) is 4.79 Å². The number of halogens is 1. The summed E-state index contributed by atoms with van der Waals surface area (Å²) in [5.41, 5.74) is 8.01. The van der Waals surface area contributed by atoms with Crippen LogP contribution in [0, 0.1) is 0 Å². The first-order valence-corrected chi connectivity index (χ1v) is 5.72. The van der Waals surface area contributed by atoms with Gasteiger partial charge in [0, 0.05) is 29.7 Å². The molecule has 2 rings (SSSR count). The molecule has 1 aliphatic heterocycles. The molecule has 3 nitrogen and oxygen atoms in total. The van der Waals surface area contributed by atoms with Gasteiger partial charge in [-0.1, -0.05) is 15.9 Å². The third-order valence-corrected chi connectivity index (χ3v) is 3.22. The largest absolute Gasteiger partial charge is 0.324 e. The van der Waals surface area contributed by atoms with Crippen LogP contribution >= 0.6 is 15.9 Å². The Balaban J connectivity index is 2.50. The third kappa shape index (κ3) is 1.92. The summed E-state index contributed by atoms with van der Waals surface area (Å²) in [6.07, 6.45) is 0.822. The Morgan fingerprint density at radius 2 is 2.33 bits per heavy atom. The van der Waals surface area contributed by atoms with E-state index in [4.69, 9.17) is 5.73 Å². The molecule has 1 aromatic carbocycles. The van der Waals surface area contributed by atoms with Crippen molar-refractivity contribution < 1.29 is 4.79 Å². The van der Waals surface area contributed by atoms with Crippen molar-refractivity contribution in [3.63, 3.8) is 0 Å². The van der Waals surface area contributed by atoms with E-state index in [0.717, 1.165) is 22.1 Å². The number of nitrogens with zero attached hydrogens (tertiary/aromatic N) is 1. The summed E-state index contributed by atoms with van der Waals surface area (Å²) in [5, 5.41) is 0. The first kappa shape index (κ1) is 10.6. The molecule has 0 bridgehead atoms. The fraction of sp³-hybridized carbons (Fsp3) is 0.364. The van der Waals surface area contributed by atoms with Gasteiger partial charge in [0.1, 0.15) is 0 Å². The number of hydrogen-bond donors (Lipinski definition) is 1. The van der Waals surface area contributed by atoms with Gasteiger partial charge in [-0.15, -0.1) is 0 Å². The summed E-state index contributed by atoms with van der Waals surface area (Å²) in [5.74, 6) is 0.0745. The number of carbonyl (C=O) groups excluding carboxylic acids is 1. The molecule has 0 radical (unpaired) electrons. The number of amides is 1. The second-order valence-corrected chi connectivity index (χ2v) is 4.68. The molecule has 1 aromatic rings. The number of anilines is 1. The van der Waals surface area contributed by atoms with E-state index >= 15 is 0 Å². The van der Waals surface area contributed by atoms with E-state index < -0.39 is 0 Å². The van der Waals surface area contributed by atoms with Gasteiger partial charge >= 0.3 is 0 Å². The lowest BCUT2D eigenvalue weighted by Gasteiger charge is -2.32. The summed E-state index contributed by atoms with van der Waals surface area (Å²) < 4.78 is 1.00. The standard InChI is InChI=1S/C11H13BrN2O/c1-7(15)14-5-4-10(13)9-6-8(12)2-3-11(9)14/h2-3,6,10H,4-5,13H2,1H3. The lowest BCUT2D eigenvalue weighted by atomic mass is 9.97. The van der Waals surface area contributed by atoms with Gasteiger partial charge in [0.15, 0.2) is 0 Å². The van der Waals surface area contributed by atoms with Crippen molar-refractivity contribution in [3.8, 4) is 0 Å². The molecular formula is C11H13BrN2O. The van der Waals surface area contributed by atoms with Gasteiger partial charge in [-0.25, -0.2) is 0 Å². The molecule has 1 unspecified atom stereocenters. The molecular weight excluding hydrogens is 256 g/mol. The first-order chi connectivity index (χ1) is 7.09. The smallest absolute Gasteiger partial charge is 0.223 e. The van der Waals surface area contributed by atoms with E-state index in [2.05, 4.69) is 15.9 Å². The Bertz CT molecular complexity index is 406. The van der Waals surface area contributed by atoms with Crippen LogP contribution in [-0.4, -0.2) is 12.5 Å². The lowest BCUT2D eigenvalue weighted by Crippen LogP contribution is -2.36. The van der Waals surface area contributed by atoms with Gasteiger partial charge in [0.2, 0.25) is 5.91 Å². The quantitative estimate of drug-likeness (QED) is 0.784. The Morgan fingerprint density at radius 1 is 1.60 bits per heavy atom. The Morgan fingerprint density at radius 3 is 3.00 bits per heavy atom. The van der Waals surface area contributed by atoms with Crippen molar-refractivity contribution in [2.45, 2.75) is 19.4 Å². The predicted octanol–water partition coefficient (Wildman–Crippen LogP) is 2.21. The van der Waals surface area contributed by atoms with E-state index in [1.807, 2.05) is 18.2 Å². The van der Waals surface area contributed by atoms with Gasteiger partial charge in [0.05, 0.1) is 0 Å². The first-order valence-electron chi connectivity index (χ1n) is 4.92. The minimum Gasteiger partial charge on any atom is -0.324 e. The van der Waals surface area contributed by atoms with Gasteiger partial charge in [-0.2, -0.15) is 0 Å². The molecule has 1 atom stereocenters. The molecule has 0 aliphatic carbocycles. The molecule has 1 amide bonds. The summed E-state index contributed by atoms with van der Waals surface area (Å²) in [6.45, 7) is 2.30. The minimum absolute atomic E-state index is 0.0353. The molecule has 0 saturated carbocycles. The summed E-state index contributed by atoms with van der Waals surface area (Å²) in [4.78, 5) is 13.2. The van der Waals surface area contributed by atoms with E-state index in [0.29, 0.717) is 6.54 Å². The molecule has 4 heteroatoms. The fourth-order valence-electron chi connectivity index (χ4n) is 1.94. The SMILES string of the molecule is CC(=O)N1CCC(N)c2cc(Br)ccc21. The van der Waals surface area contributed by atoms with Crippen LogP contribution in [0.15, 0.2) is 22.7 Å². The van der Waals surface area contributed by atoms with Crippen molar-refractivity contribution >= 4 is 27.5 Å². The fourth-order valence-corrected chi connectivity index (χ4v) is 2.32. The monoisotopic (exact) mass is 268 g/mol. The zero-order valence-electron chi connectivity index (χ0n) is 8.53. The van der Waals surface area contributed by atoms with Crippen LogP contribution in [0.5, 0.6) is 0 Å². The van der Waals surface area contributed by atoms with Gasteiger partial charge in [-0.3, -0.25) is 4.79 Å². The van der Waals surface area contributed by atoms with Gasteiger partial charge in [-0.05, 0) is 30.2 Å². The van der Waals surface area contributed by atoms with Crippen molar-refractivity contribution in [1.29, 1.82) is 0 Å². The zero-order valence-corrected chi connectivity index (χ0v) is 10.1. The maximum absolute atomic E-state index is 11.4. The Hall–Kier alpha value is -0.870. The van der Waals surface area contributed by atoms with Crippen LogP contribution in [0.1, 0.15) is 24.9 Å². The number of fused-ring (bicyclic) bond motifs is 1. The van der Waals surface area contributed by atoms with Crippen LogP contribution in [0.3, 0.4) is 0 Å². The van der Waals surface area contributed by atoms with Crippen LogP contribution < -0.4 is 10.6 Å². The van der Waals surface area contributed by atoms with Crippen LogP contribution in [0.4, 0.5) is 5.69 Å². The Kier molecular flexibility index (Phi) is 2.80. The topological polar surface area (TPSA) is 46.3 Å². The summed E-state index contributed by atoms with van der Waals surface area (Å²) >= 11 is 3.42. The van der Waals surface area contributed by atoms with E-state index in [1.165, 1.54) is 0 Å². The van der Waals surface area contributed by atoms with Crippen LogP contribution in [0.25, 0.3) is 0 Å². The third-order valence-electron chi connectivity index (χ3n) is 2.72. The average molecular weight is 269 g/mol. The van der Waals surface area contributed by atoms with Crippen molar-refractivity contribution in [2.24, 2.45) is 5.73 Å². The van der Waals surface area contributed by atoms with E-state index in [-0.39, 0.29) is 11.9 Å². The number of nitrogens with two attached hydrogens (primary N) is 1. The highest BCUT2D eigenvalue weighted by molar-refractivity contribution is 9.10. The number of rotatable bonds is 0. The lowest BCUT2D eigenvalue weighted by molar-refractivity contribution is -0.116. The Labute approximate surface area is 97.4 Å². The molecule has 0 spiro atoms. The van der Waals surface area contributed by atoms with Crippen molar-refractivity contribution in [3.05, 3.63) is 28.2 Å². The summed E-state index contributed by atoms with van der Waals surface area (Å²) in [6, 6.07) is 5.91. The summed E-state index contributed by atoms with van der Waals surface area (Å²) in [7, 11) is 0. The van der Waals surface area contributed by atoms with Gasteiger partial charge < -0.3 is 10.6 Å². The van der Waals surface area contributed by atoms with Crippen molar-refractivity contribution in [2.75, 3.05) is 11.4 Å².